The van der Waals surface area contributed by atoms with E-state index in [4.69, 9.17) is 5.73 Å². The highest BCUT2D eigenvalue weighted by Gasteiger charge is 2.24. The quantitative estimate of drug-likeness (QED) is 0.576. The second-order valence-electron chi connectivity index (χ2n) is 5.89. The smallest absolute Gasteiger partial charge is 0.254 e. The summed E-state index contributed by atoms with van der Waals surface area (Å²) in [5.41, 5.74) is 8.48. The molecule has 0 fully saturated rings. The second-order valence-corrected chi connectivity index (χ2v) is 5.89. The van der Waals surface area contributed by atoms with E-state index in [9.17, 15) is 9.59 Å². The minimum atomic E-state index is -0.513. The number of nitrogens with two attached hydrogens (primary N) is 1. The summed E-state index contributed by atoms with van der Waals surface area (Å²) < 4.78 is 1.70. The Balaban J connectivity index is 1.83. The summed E-state index contributed by atoms with van der Waals surface area (Å²) in [4.78, 5) is 24.0. The van der Waals surface area contributed by atoms with E-state index in [0.717, 1.165) is 11.1 Å². The molecule has 1 aromatic heterocycles. The third-order valence-corrected chi connectivity index (χ3v) is 4.21. The van der Waals surface area contributed by atoms with Crippen LogP contribution in [-0.4, -0.2) is 11.7 Å². The zero-order chi connectivity index (χ0) is 17.8. The normalized spacial score (nSPS) is 11.7. The molecule has 0 aliphatic carbocycles. The van der Waals surface area contributed by atoms with Gasteiger partial charge in [0, 0.05) is 18.6 Å². The monoisotopic (exact) mass is 331 g/mol. The van der Waals surface area contributed by atoms with Gasteiger partial charge in [-0.05, 0) is 17.2 Å². The lowest BCUT2D eigenvalue weighted by atomic mass is 10.00. The van der Waals surface area contributed by atoms with E-state index in [-0.39, 0.29) is 5.78 Å². The number of ketones is 1. The van der Waals surface area contributed by atoms with E-state index in [2.05, 4.69) is 0 Å². The largest absolute Gasteiger partial charge is 0.365 e. The fourth-order valence-corrected chi connectivity index (χ4v) is 2.71. The highest BCUT2D eigenvalue weighted by atomic mass is 16.1. The van der Waals surface area contributed by atoms with Crippen molar-refractivity contribution in [2.45, 2.75) is 13.0 Å². The van der Waals surface area contributed by atoms with Gasteiger partial charge in [0.05, 0.1) is 0 Å². The first-order chi connectivity index (χ1) is 12.1. The first kappa shape index (κ1) is 16.6. The van der Waals surface area contributed by atoms with E-state index in [1.165, 1.54) is 0 Å². The van der Waals surface area contributed by atoms with E-state index in [0.29, 0.717) is 11.1 Å². The minimum Gasteiger partial charge on any atom is -0.365 e. The van der Waals surface area contributed by atoms with Crippen molar-refractivity contribution in [2.75, 3.05) is 0 Å². The van der Waals surface area contributed by atoms with Gasteiger partial charge < -0.3 is 5.73 Å². The summed E-state index contributed by atoms with van der Waals surface area (Å²) in [6.07, 6.45) is 3.36. The third-order valence-electron chi connectivity index (χ3n) is 4.21. The molecular formula is C21H19N2O2+. The van der Waals surface area contributed by atoms with Crippen LogP contribution in [0.4, 0.5) is 0 Å². The second kappa shape index (κ2) is 7.09. The Morgan fingerprint density at radius 2 is 1.48 bits per heavy atom. The number of rotatable bonds is 5. The van der Waals surface area contributed by atoms with E-state index < -0.39 is 11.9 Å². The molecule has 0 aliphatic heterocycles. The van der Waals surface area contributed by atoms with Gasteiger partial charge in [-0.3, -0.25) is 9.59 Å². The summed E-state index contributed by atoms with van der Waals surface area (Å²) in [5, 5.41) is 0. The lowest BCUT2D eigenvalue weighted by Gasteiger charge is -2.08. The number of pyridine rings is 1. The third kappa shape index (κ3) is 3.63. The zero-order valence-electron chi connectivity index (χ0n) is 13.9. The average molecular weight is 331 g/mol. The zero-order valence-corrected chi connectivity index (χ0v) is 13.9. The summed E-state index contributed by atoms with van der Waals surface area (Å²) in [6, 6.07) is 20.5. The molecule has 0 spiro atoms. The molecule has 4 nitrogen and oxygen atoms in total. The molecule has 0 saturated carbocycles. The number of aromatic nitrogens is 1. The van der Waals surface area contributed by atoms with E-state index in [1.54, 1.807) is 36.0 Å². The van der Waals surface area contributed by atoms with E-state index in [1.807, 2.05) is 54.6 Å². The van der Waals surface area contributed by atoms with Crippen LogP contribution in [0.3, 0.4) is 0 Å². The highest BCUT2D eigenvalue weighted by Crippen LogP contribution is 2.20. The Morgan fingerprint density at radius 3 is 2.12 bits per heavy atom. The Hall–Kier alpha value is -3.27. The van der Waals surface area contributed by atoms with Gasteiger partial charge in [-0.25, -0.2) is 0 Å². The van der Waals surface area contributed by atoms with Crippen LogP contribution in [0.15, 0.2) is 79.1 Å². The fourth-order valence-electron chi connectivity index (χ4n) is 2.71. The topological polar surface area (TPSA) is 64.0 Å². The SMILES string of the molecule is C[C@H](C(=O)c1ccc(-c2ccccc2)cc1)[n+]1cccc(C(N)=O)c1. The molecule has 1 amide bonds. The van der Waals surface area contributed by atoms with Crippen molar-refractivity contribution in [3.8, 4) is 11.1 Å². The number of amides is 1. The maximum absolute atomic E-state index is 12.7. The van der Waals surface area contributed by atoms with Crippen LogP contribution in [0.2, 0.25) is 0 Å². The predicted octanol–water partition coefficient (Wildman–Crippen LogP) is 3.18. The van der Waals surface area contributed by atoms with Gasteiger partial charge in [0.25, 0.3) is 5.91 Å². The summed E-state index contributed by atoms with van der Waals surface area (Å²) in [7, 11) is 0. The van der Waals surface area contributed by atoms with Crippen molar-refractivity contribution in [1.82, 2.24) is 0 Å². The molecule has 2 aromatic carbocycles. The summed E-state index contributed by atoms with van der Waals surface area (Å²) >= 11 is 0. The van der Waals surface area contributed by atoms with Gasteiger partial charge in [0.1, 0.15) is 5.56 Å². The van der Waals surface area contributed by atoms with Gasteiger partial charge in [0.2, 0.25) is 11.8 Å². The summed E-state index contributed by atoms with van der Waals surface area (Å²) in [6.45, 7) is 1.80. The fraction of sp³-hybridized carbons (Fsp3) is 0.0952. The number of hydrogen-bond acceptors (Lipinski definition) is 2. The molecule has 124 valence electrons. The van der Waals surface area contributed by atoms with Crippen molar-refractivity contribution < 1.29 is 14.2 Å². The Labute approximate surface area is 146 Å². The first-order valence-electron chi connectivity index (χ1n) is 8.06. The van der Waals surface area contributed by atoms with Gasteiger partial charge in [0.15, 0.2) is 12.4 Å². The molecule has 0 unspecified atom stereocenters. The molecule has 25 heavy (non-hydrogen) atoms. The molecule has 3 rings (SSSR count). The number of benzene rings is 2. The van der Waals surface area contributed by atoms with Gasteiger partial charge >= 0.3 is 0 Å². The Bertz CT molecular complexity index is 903. The number of carbonyl (C=O) groups is 2. The van der Waals surface area contributed by atoms with Crippen molar-refractivity contribution in [3.63, 3.8) is 0 Å². The number of carbonyl (C=O) groups excluding carboxylic acids is 2. The first-order valence-corrected chi connectivity index (χ1v) is 8.06. The minimum absolute atomic E-state index is 0.0220. The highest BCUT2D eigenvalue weighted by molar-refractivity contribution is 5.98. The molecular weight excluding hydrogens is 312 g/mol. The molecule has 3 aromatic rings. The van der Waals surface area contributed by atoms with E-state index >= 15 is 0 Å². The molecule has 0 aliphatic rings. The van der Waals surface area contributed by atoms with Crippen LogP contribution in [-0.2, 0) is 0 Å². The molecule has 4 heteroatoms. The summed E-state index contributed by atoms with van der Waals surface area (Å²) in [5.74, 6) is -0.535. The van der Waals surface area contributed by atoms with Gasteiger partial charge in [-0.15, -0.1) is 0 Å². The number of nitrogens with zero attached hydrogens (tertiary/aromatic N) is 1. The number of primary amides is 1. The molecule has 2 N–H and O–H groups in total. The Kier molecular flexibility index (Phi) is 4.70. The molecule has 1 atom stereocenters. The van der Waals surface area contributed by atoms with Crippen molar-refractivity contribution in [3.05, 3.63) is 90.3 Å². The molecule has 1 heterocycles. The van der Waals surface area contributed by atoms with Gasteiger partial charge in [-0.1, -0.05) is 54.6 Å². The maximum atomic E-state index is 12.7. The predicted molar refractivity (Wildman–Crippen MR) is 96.1 cm³/mol. The Morgan fingerprint density at radius 1 is 0.840 bits per heavy atom. The van der Waals surface area contributed by atoms with Gasteiger partial charge in [-0.2, -0.15) is 4.57 Å². The lowest BCUT2D eigenvalue weighted by Crippen LogP contribution is -2.42. The average Bonchev–Trinajstić information content (AvgIpc) is 2.67. The molecule has 0 bridgehead atoms. The van der Waals surface area contributed by atoms with Crippen LogP contribution < -0.4 is 10.3 Å². The number of Topliss-reactive ketones (excluding diaryl/α,β-unsaturated/α-hetero) is 1. The molecule has 0 saturated heterocycles. The number of hydrogen-bond donors (Lipinski definition) is 1. The van der Waals surface area contributed by atoms with Crippen LogP contribution in [0.5, 0.6) is 0 Å². The van der Waals surface area contributed by atoms with Crippen LogP contribution in [0.25, 0.3) is 11.1 Å². The van der Waals surface area contributed by atoms with Crippen LogP contribution >= 0.6 is 0 Å². The van der Waals surface area contributed by atoms with Crippen molar-refractivity contribution >= 4 is 11.7 Å². The maximum Gasteiger partial charge on any atom is 0.254 e. The lowest BCUT2D eigenvalue weighted by molar-refractivity contribution is -0.704. The van der Waals surface area contributed by atoms with Crippen molar-refractivity contribution in [1.29, 1.82) is 0 Å². The standard InChI is InChI=1S/C21H18N2O2/c1-15(23-13-5-8-19(14-23)21(22)25)20(24)18-11-9-17(10-12-18)16-6-3-2-4-7-16/h2-15H,1H3,(H-,22,25)/p+1/t15-/m1/s1. The molecule has 0 radical (unpaired) electrons. The van der Waals surface area contributed by atoms with Crippen molar-refractivity contribution in [2.24, 2.45) is 5.73 Å². The van der Waals surface area contributed by atoms with Crippen LogP contribution in [0, 0.1) is 0 Å². The van der Waals surface area contributed by atoms with Crippen LogP contribution in [0.1, 0.15) is 33.7 Å².